The van der Waals surface area contributed by atoms with E-state index < -0.39 is 0 Å². The second kappa shape index (κ2) is 9.81. The minimum atomic E-state index is -0.342. The molecule has 0 fully saturated rings. The summed E-state index contributed by atoms with van der Waals surface area (Å²) in [6.45, 7) is 2.05. The van der Waals surface area contributed by atoms with E-state index in [1.54, 1.807) is 30.7 Å². The number of hydrogen-bond donors (Lipinski definition) is 3. The molecule has 0 aliphatic carbocycles. The van der Waals surface area contributed by atoms with E-state index in [4.69, 9.17) is 9.97 Å². The largest absolute Gasteiger partial charge is 0.336 e. The van der Waals surface area contributed by atoms with E-state index in [0.717, 1.165) is 29.4 Å². The minimum absolute atomic E-state index is 0.0386. The Hall–Kier alpha value is -4.99. The zero-order valence-electron chi connectivity index (χ0n) is 20.5. The van der Waals surface area contributed by atoms with Crippen molar-refractivity contribution >= 4 is 33.7 Å². The Bertz CT molecular complexity index is 1790. The summed E-state index contributed by atoms with van der Waals surface area (Å²) in [5.74, 6) is 0.131. The summed E-state index contributed by atoms with van der Waals surface area (Å²) in [6, 6.07) is 13.7. The molecule has 3 N–H and O–H groups in total. The molecule has 5 aromatic heterocycles. The lowest BCUT2D eigenvalue weighted by Crippen LogP contribution is -2.11. The van der Waals surface area contributed by atoms with Crippen LogP contribution in [0.15, 0.2) is 67.1 Å². The van der Waals surface area contributed by atoms with E-state index >= 15 is 0 Å². The van der Waals surface area contributed by atoms with Crippen molar-refractivity contribution < 1.29 is 9.18 Å². The molecule has 10 heteroatoms. The highest BCUT2D eigenvalue weighted by atomic mass is 19.1. The molecule has 38 heavy (non-hydrogen) atoms. The van der Waals surface area contributed by atoms with E-state index in [2.05, 4.69) is 30.5 Å². The number of aromatic amines is 2. The van der Waals surface area contributed by atoms with Crippen molar-refractivity contribution in [2.24, 2.45) is 0 Å². The van der Waals surface area contributed by atoms with Gasteiger partial charge in [-0.05, 0) is 42.8 Å². The van der Waals surface area contributed by atoms with Gasteiger partial charge >= 0.3 is 0 Å². The van der Waals surface area contributed by atoms with Crippen molar-refractivity contribution in [1.82, 2.24) is 35.1 Å². The van der Waals surface area contributed by atoms with Crippen molar-refractivity contribution in [2.45, 2.75) is 26.2 Å². The number of carbonyl (C=O) groups is 1. The number of imidazole rings is 1. The van der Waals surface area contributed by atoms with Crippen LogP contribution >= 0.6 is 0 Å². The Kier molecular flexibility index (Phi) is 6.04. The zero-order valence-corrected chi connectivity index (χ0v) is 20.5. The maximum absolute atomic E-state index is 13.9. The Morgan fingerprint density at radius 2 is 1.87 bits per heavy atom. The van der Waals surface area contributed by atoms with Gasteiger partial charge in [0.05, 0.1) is 34.3 Å². The highest BCUT2D eigenvalue weighted by molar-refractivity contribution is 5.95. The molecule has 0 bridgehead atoms. The number of rotatable bonds is 7. The maximum atomic E-state index is 13.9. The molecule has 1 aromatic carbocycles. The number of carbonyl (C=O) groups excluding carboxylic acids is 1. The average molecular weight is 507 g/mol. The summed E-state index contributed by atoms with van der Waals surface area (Å²) in [4.78, 5) is 33.8. The first kappa shape index (κ1) is 23.4. The summed E-state index contributed by atoms with van der Waals surface area (Å²) in [7, 11) is 0. The molecule has 0 saturated heterocycles. The third-order valence-corrected chi connectivity index (χ3v) is 6.21. The van der Waals surface area contributed by atoms with Crippen LogP contribution in [-0.4, -0.2) is 41.0 Å². The molecule has 188 valence electrons. The van der Waals surface area contributed by atoms with Gasteiger partial charge in [-0.3, -0.25) is 19.9 Å². The van der Waals surface area contributed by atoms with Crippen LogP contribution in [0.4, 0.5) is 10.1 Å². The van der Waals surface area contributed by atoms with Gasteiger partial charge in [-0.2, -0.15) is 5.10 Å². The van der Waals surface area contributed by atoms with Gasteiger partial charge < -0.3 is 10.3 Å². The first-order chi connectivity index (χ1) is 18.6. The number of halogens is 1. The number of unbranched alkanes of at least 4 members (excludes halogenated alkanes) is 1. The average Bonchev–Trinajstić information content (AvgIpc) is 3.55. The molecular formula is C28H23FN8O. The van der Waals surface area contributed by atoms with Gasteiger partial charge in [0.15, 0.2) is 11.5 Å². The smallest absolute Gasteiger partial charge is 0.224 e. The van der Waals surface area contributed by atoms with E-state index in [1.807, 2.05) is 31.2 Å². The highest BCUT2D eigenvalue weighted by Gasteiger charge is 2.18. The van der Waals surface area contributed by atoms with E-state index in [-0.39, 0.29) is 11.7 Å². The standard InChI is InChI=1S/C28H23FN8O/c1-2-3-7-23(38)32-19-13-17(14-30-15-19)20-8-9-22-26(33-20)27(37-36-22)28-34-21-10-11-31-24(25(21)35-28)16-5-4-6-18(29)12-16/h4-6,8-15H,2-3,7H2,1H3,(H,32,38)(H,34,35)(H,36,37). The predicted molar refractivity (Wildman–Crippen MR) is 144 cm³/mol. The van der Waals surface area contributed by atoms with Gasteiger partial charge in [0.2, 0.25) is 5.91 Å². The lowest BCUT2D eigenvalue weighted by atomic mass is 10.1. The van der Waals surface area contributed by atoms with E-state index in [0.29, 0.717) is 51.6 Å². The van der Waals surface area contributed by atoms with Gasteiger partial charge in [-0.15, -0.1) is 0 Å². The Balaban J connectivity index is 1.37. The number of benzene rings is 1. The molecule has 0 aliphatic rings. The number of nitrogens with one attached hydrogen (secondary N) is 3. The molecule has 0 radical (unpaired) electrons. The Labute approximate surface area is 216 Å². The lowest BCUT2D eigenvalue weighted by molar-refractivity contribution is -0.116. The van der Waals surface area contributed by atoms with Gasteiger partial charge in [0, 0.05) is 29.9 Å². The molecule has 1 amide bonds. The molecule has 0 atom stereocenters. The number of amides is 1. The molecule has 0 aliphatic heterocycles. The van der Waals surface area contributed by atoms with Gasteiger partial charge in [0.25, 0.3) is 0 Å². The van der Waals surface area contributed by atoms with Gasteiger partial charge in [0.1, 0.15) is 16.9 Å². The molecule has 0 spiro atoms. The summed E-state index contributed by atoms with van der Waals surface area (Å²) >= 11 is 0. The summed E-state index contributed by atoms with van der Waals surface area (Å²) in [5.41, 5.74) is 6.52. The summed E-state index contributed by atoms with van der Waals surface area (Å²) < 4.78 is 13.9. The van der Waals surface area contributed by atoms with Gasteiger partial charge in [-0.1, -0.05) is 25.5 Å². The van der Waals surface area contributed by atoms with Crippen LogP contribution in [0.1, 0.15) is 26.2 Å². The normalized spacial score (nSPS) is 11.3. The van der Waals surface area contributed by atoms with Crippen LogP contribution in [0.5, 0.6) is 0 Å². The fraction of sp³-hybridized carbons (Fsp3) is 0.143. The number of pyridine rings is 3. The Morgan fingerprint density at radius 3 is 2.74 bits per heavy atom. The molecule has 0 saturated carbocycles. The second-order valence-corrected chi connectivity index (χ2v) is 8.93. The van der Waals surface area contributed by atoms with Crippen molar-refractivity contribution in [2.75, 3.05) is 5.32 Å². The topological polar surface area (TPSA) is 125 Å². The monoisotopic (exact) mass is 506 g/mol. The fourth-order valence-corrected chi connectivity index (χ4v) is 4.33. The van der Waals surface area contributed by atoms with Crippen LogP contribution in [-0.2, 0) is 4.79 Å². The van der Waals surface area contributed by atoms with Crippen molar-refractivity contribution in [3.8, 4) is 34.0 Å². The molecule has 6 aromatic rings. The van der Waals surface area contributed by atoms with Crippen molar-refractivity contribution in [1.29, 1.82) is 0 Å². The SMILES string of the molecule is CCCCC(=O)Nc1cncc(-c2ccc3[nH]nc(-c4nc5c(-c6cccc(F)c6)nccc5[nH]4)c3n2)c1. The molecule has 9 nitrogen and oxygen atoms in total. The predicted octanol–water partition coefficient (Wildman–Crippen LogP) is 5.89. The summed E-state index contributed by atoms with van der Waals surface area (Å²) in [6.07, 6.45) is 7.24. The van der Waals surface area contributed by atoms with Crippen LogP contribution < -0.4 is 5.32 Å². The van der Waals surface area contributed by atoms with Crippen LogP contribution in [0, 0.1) is 5.82 Å². The van der Waals surface area contributed by atoms with Crippen LogP contribution in [0.25, 0.3) is 56.1 Å². The van der Waals surface area contributed by atoms with Gasteiger partial charge in [-0.25, -0.2) is 14.4 Å². The Morgan fingerprint density at radius 1 is 0.974 bits per heavy atom. The minimum Gasteiger partial charge on any atom is -0.336 e. The number of nitrogens with zero attached hydrogens (tertiary/aromatic N) is 5. The van der Waals surface area contributed by atoms with Crippen LogP contribution in [0.3, 0.4) is 0 Å². The number of anilines is 1. The van der Waals surface area contributed by atoms with E-state index in [9.17, 15) is 9.18 Å². The number of H-pyrrole nitrogens is 2. The quantitative estimate of drug-likeness (QED) is 0.248. The first-order valence-electron chi connectivity index (χ1n) is 12.3. The van der Waals surface area contributed by atoms with Crippen molar-refractivity contribution in [3.63, 3.8) is 0 Å². The van der Waals surface area contributed by atoms with Crippen molar-refractivity contribution in [3.05, 3.63) is 72.9 Å². The maximum Gasteiger partial charge on any atom is 0.224 e. The highest BCUT2D eigenvalue weighted by Crippen LogP contribution is 2.31. The van der Waals surface area contributed by atoms with Crippen LogP contribution in [0.2, 0.25) is 0 Å². The molecule has 0 unspecified atom stereocenters. The molecule has 5 heterocycles. The zero-order chi connectivity index (χ0) is 26.1. The fourth-order valence-electron chi connectivity index (χ4n) is 4.33. The number of hydrogen-bond acceptors (Lipinski definition) is 6. The lowest BCUT2D eigenvalue weighted by Gasteiger charge is -2.07. The molecule has 6 rings (SSSR count). The first-order valence-corrected chi connectivity index (χ1v) is 12.3. The second-order valence-electron chi connectivity index (χ2n) is 8.93. The summed E-state index contributed by atoms with van der Waals surface area (Å²) in [5, 5.41) is 10.4. The third-order valence-electron chi connectivity index (χ3n) is 6.21. The third kappa shape index (κ3) is 4.47. The molecular weight excluding hydrogens is 483 g/mol. The number of aromatic nitrogens is 7. The number of fused-ring (bicyclic) bond motifs is 2. The van der Waals surface area contributed by atoms with E-state index in [1.165, 1.54) is 12.1 Å².